The second-order valence-electron chi connectivity index (χ2n) is 6.89. The summed E-state index contributed by atoms with van der Waals surface area (Å²) < 4.78 is 0. The van der Waals surface area contributed by atoms with E-state index in [0.717, 1.165) is 11.8 Å². The molecule has 0 aromatic heterocycles. The summed E-state index contributed by atoms with van der Waals surface area (Å²) in [5.74, 6) is 1.76. The molecule has 0 atom stereocenters. The Morgan fingerprint density at radius 3 is 1.42 bits per heavy atom. The van der Waals surface area contributed by atoms with Gasteiger partial charge in [0.15, 0.2) is 0 Å². The average Bonchev–Trinajstić information content (AvgIpc) is 2.34. The molecular weight excluding hydrogens is 228 g/mol. The Kier molecular flexibility index (Phi) is 14.0. The maximum atomic E-state index is 2.41. The Labute approximate surface area is 123 Å². The van der Waals surface area contributed by atoms with Crippen molar-refractivity contribution in [1.82, 2.24) is 0 Å². The van der Waals surface area contributed by atoms with Crippen LogP contribution in [0, 0.1) is 11.8 Å². The van der Waals surface area contributed by atoms with Crippen LogP contribution in [0.4, 0.5) is 0 Å². The van der Waals surface area contributed by atoms with Gasteiger partial charge in [0.25, 0.3) is 0 Å². The molecule has 0 N–H and O–H groups in total. The number of hydrogen-bond donors (Lipinski definition) is 0. The fourth-order valence-corrected chi connectivity index (χ4v) is 2.40. The molecule has 0 heteroatoms. The third-order valence-corrected chi connectivity index (χ3v) is 3.72. The van der Waals surface area contributed by atoms with Gasteiger partial charge in [0.05, 0.1) is 0 Å². The van der Waals surface area contributed by atoms with E-state index in [0.29, 0.717) is 0 Å². The number of unbranched alkanes of at least 4 members (excludes halogenated alkanes) is 7. The van der Waals surface area contributed by atoms with Crippen LogP contribution in [0.3, 0.4) is 0 Å². The van der Waals surface area contributed by atoms with Gasteiger partial charge in [-0.1, -0.05) is 84.8 Å². The van der Waals surface area contributed by atoms with Crippen LogP contribution in [-0.4, -0.2) is 0 Å². The highest BCUT2D eigenvalue weighted by Gasteiger charge is 1.94. The zero-order valence-electron chi connectivity index (χ0n) is 14.1. The Balaban J connectivity index is 3.09. The summed E-state index contributed by atoms with van der Waals surface area (Å²) in [7, 11) is 0. The van der Waals surface area contributed by atoms with E-state index in [9.17, 15) is 0 Å². The van der Waals surface area contributed by atoms with E-state index in [1.807, 2.05) is 0 Å². The SMILES string of the molecule is CC(C)CCCC/C=C/CCCCCCCC(C)C. The summed E-state index contributed by atoms with van der Waals surface area (Å²) in [5.41, 5.74) is 0. The molecule has 0 bridgehead atoms. The van der Waals surface area contributed by atoms with Crippen LogP contribution in [0.2, 0.25) is 0 Å². The van der Waals surface area contributed by atoms with E-state index in [-0.39, 0.29) is 0 Å². The van der Waals surface area contributed by atoms with E-state index < -0.39 is 0 Å². The van der Waals surface area contributed by atoms with Crippen molar-refractivity contribution in [2.75, 3.05) is 0 Å². The van der Waals surface area contributed by atoms with Gasteiger partial charge in [-0.3, -0.25) is 0 Å². The molecule has 0 amide bonds. The molecule has 0 aliphatic heterocycles. The third kappa shape index (κ3) is 17.7. The predicted molar refractivity (Wildman–Crippen MR) is 89.6 cm³/mol. The molecule has 0 fully saturated rings. The van der Waals surface area contributed by atoms with E-state index >= 15 is 0 Å². The van der Waals surface area contributed by atoms with Crippen LogP contribution in [0.15, 0.2) is 12.2 Å². The molecular formula is C19H38. The topological polar surface area (TPSA) is 0 Å². The van der Waals surface area contributed by atoms with E-state index in [2.05, 4.69) is 39.8 Å². The van der Waals surface area contributed by atoms with Crippen LogP contribution in [0.5, 0.6) is 0 Å². The van der Waals surface area contributed by atoms with E-state index in [1.54, 1.807) is 0 Å². The Bertz CT molecular complexity index is 188. The van der Waals surface area contributed by atoms with Crippen LogP contribution in [-0.2, 0) is 0 Å². The summed E-state index contributed by atoms with van der Waals surface area (Å²) >= 11 is 0. The lowest BCUT2D eigenvalue weighted by atomic mass is 10.0. The number of hydrogen-bond acceptors (Lipinski definition) is 0. The maximum Gasteiger partial charge on any atom is -0.0351 e. The molecule has 0 aliphatic carbocycles. The quantitative estimate of drug-likeness (QED) is 0.245. The minimum absolute atomic E-state index is 0.875. The average molecular weight is 267 g/mol. The largest absolute Gasteiger partial charge is 0.0885 e. The van der Waals surface area contributed by atoms with Crippen molar-refractivity contribution < 1.29 is 0 Å². The van der Waals surface area contributed by atoms with Gasteiger partial charge in [-0.25, -0.2) is 0 Å². The first-order valence-electron chi connectivity index (χ1n) is 8.78. The molecule has 19 heavy (non-hydrogen) atoms. The highest BCUT2D eigenvalue weighted by Crippen LogP contribution is 2.12. The second-order valence-corrected chi connectivity index (χ2v) is 6.89. The summed E-state index contributed by atoms with van der Waals surface area (Å²) in [5, 5.41) is 0. The first-order chi connectivity index (χ1) is 9.13. The van der Waals surface area contributed by atoms with Gasteiger partial charge < -0.3 is 0 Å². The molecule has 114 valence electrons. The van der Waals surface area contributed by atoms with Gasteiger partial charge in [-0.05, 0) is 37.5 Å². The molecule has 0 saturated carbocycles. The molecule has 0 unspecified atom stereocenters. The molecule has 0 aliphatic rings. The molecule has 0 nitrogen and oxygen atoms in total. The highest BCUT2D eigenvalue weighted by molar-refractivity contribution is 4.81. The zero-order chi connectivity index (χ0) is 14.3. The standard InChI is InChI=1S/C19H38/c1-18(2)16-14-12-10-8-6-5-7-9-11-13-15-17-19(3)4/h6,8,18-19H,5,7,9-17H2,1-4H3/b8-6+. The molecule has 0 aromatic carbocycles. The van der Waals surface area contributed by atoms with Gasteiger partial charge in [0, 0.05) is 0 Å². The Hall–Kier alpha value is -0.260. The molecule has 0 spiro atoms. The fraction of sp³-hybridized carbons (Fsp3) is 0.895. The highest BCUT2D eigenvalue weighted by atomic mass is 14.0. The maximum absolute atomic E-state index is 2.41. The minimum Gasteiger partial charge on any atom is -0.0885 e. The van der Waals surface area contributed by atoms with Crippen LogP contribution >= 0.6 is 0 Å². The van der Waals surface area contributed by atoms with Crippen molar-refractivity contribution in [3.8, 4) is 0 Å². The van der Waals surface area contributed by atoms with Crippen molar-refractivity contribution >= 4 is 0 Å². The van der Waals surface area contributed by atoms with Crippen LogP contribution in [0.1, 0.15) is 98.3 Å². The number of allylic oxidation sites excluding steroid dienone is 2. The van der Waals surface area contributed by atoms with Crippen molar-refractivity contribution in [2.24, 2.45) is 11.8 Å². The summed E-state index contributed by atoms with van der Waals surface area (Å²) in [6, 6.07) is 0. The van der Waals surface area contributed by atoms with Gasteiger partial charge in [0.1, 0.15) is 0 Å². The second kappa shape index (κ2) is 14.2. The minimum atomic E-state index is 0.875. The third-order valence-electron chi connectivity index (χ3n) is 3.72. The molecule has 0 rings (SSSR count). The summed E-state index contributed by atoms with van der Waals surface area (Å²) in [4.78, 5) is 0. The van der Waals surface area contributed by atoms with Crippen LogP contribution < -0.4 is 0 Å². The normalized spacial score (nSPS) is 12.1. The lowest BCUT2D eigenvalue weighted by Gasteiger charge is -2.03. The van der Waals surface area contributed by atoms with Crippen molar-refractivity contribution in [3.63, 3.8) is 0 Å². The van der Waals surface area contributed by atoms with Gasteiger partial charge >= 0.3 is 0 Å². The van der Waals surface area contributed by atoms with Crippen LogP contribution in [0.25, 0.3) is 0 Å². The van der Waals surface area contributed by atoms with Gasteiger partial charge in [0.2, 0.25) is 0 Å². The smallest absolute Gasteiger partial charge is 0.0351 e. The molecule has 0 radical (unpaired) electrons. The zero-order valence-corrected chi connectivity index (χ0v) is 14.1. The fourth-order valence-electron chi connectivity index (χ4n) is 2.40. The van der Waals surface area contributed by atoms with E-state index in [4.69, 9.17) is 0 Å². The summed E-state index contributed by atoms with van der Waals surface area (Å²) in [6.07, 6.45) is 20.1. The molecule has 0 saturated heterocycles. The lowest BCUT2D eigenvalue weighted by Crippen LogP contribution is -1.87. The first-order valence-corrected chi connectivity index (χ1v) is 8.78. The summed E-state index contributed by atoms with van der Waals surface area (Å²) in [6.45, 7) is 9.28. The first kappa shape index (κ1) is 18.7. The van der Waals surface area contributed by atoms with E-state index in [1.165, 1.54) is 70.6 Å². The van der Waals surface area contributed by atoms with Crippen molar-refractivity contribution in [2.45, 2.75) is 98.3 Å². The number of rotatable bonds is 13. The lowest BCUT2D eigenvalue weighted by molar-refractivity contribution is 0.516. The van der Waals surface area contributed by atoms with Gasteiger partial charge in [-0.15, -0.1) is 0 Å². The predicted octanol–water partition coefficient (Wildman–Crippen LogP) is 7.15. The van der Waals surface area contributed by atoms with Gasteiger partial charge in [-0.2, -0.15) is 0 Å². The van der Waals surface area contributed by atoms with Crippen molar-refractivity contribution in [1.29, 1.82) is 0 Å². The Morgan fingerprint density at radius 1 is 0.526 bits per heavy atom. The monoisotopic (exact) mass is 266 g/mol. The Morgan fingerprint density at radius 2 is 0.895 bits per heavy atom. The molecule has 0 aromatic rings. The van der Waals surface area contributed by atoms with Crippen molar-refractivity contribution in [3.05, 3.63) is 12.2 Å². The molecule has 0 heterocycles.